The molecule has 0 aliphatic carbocycles. The summed E-state index contributed by atoms with van der Waals surface area (Å²) in [6.07, 6.45) is 3.69. The zero-order chi connectivity index (χ0) is 14.3. The summed E-state index contributed by atoms with van der Waals surface area (Å²) in [6.45, 7) is 8.39. The number of allylic oxidation sites excluding steroid dienone is 1. The lowest BCUT2D eigenvalue weighted by Gasteiger charge is -2.08. The van der Waals surface area contributed by atoms with Crippen LogP contribution in [0.3, 0.4) is 0 Å². The Balaban J connectivity index is 2.44. The molecule has 0 radical (unpaired) electrons. The molecule has 0 aliphatic heterocycles. The molecule has 0 aromatic heterocycles. The number of hydrogen-bond acceptors (Lipinski definition) is 1. The Morgan fingerprint density at radius 3 is 2.79 bits per heavy atom. The molecule has 0 saturated heterocycles. The van der Waals surface area contributed by atoms with Gasteiger partial charge in [-0.2, -0.15) is 0 Å². The van der Waals surface area contributed by atoms with Crippen LogP contribution in [0.2, 0.25) is 5.02 Å². The van der Waals surface area contributed by atoms with Crippen molar-refractivity contribution in [2.75, 3.05) is 13.1 Å². The van der Waals surface area contributed by atoms with Gasteiger partial charge in [-0.3, -0.25) is 0 Å². The first-order chi connectivity index (χ1) is 9.00. The molecule has 0 amide bonds. The number of nitrogens with one attached hydrogen (secondary N) is 1. The van der Waals surface area contributed by atoms with Crippen molar-refractivity contribution in [3.63, 3.8) is 0 Å². The molecule has 106 valence electrons. The fourth-order valence-corrected chi connectivity index (χ4v) is 2.09. The molecule has 0 aliphatic rings. The highest BCUT2D eigenvalue weighted by atomic mass is 35.5. The van der Waals surface area contributed by atoms with Gasteiger partial charge in [-0.1, -0.05) is 43.2 Å². The minimum Gasteiger partial charge on any atom is -0.316 e. The third-order valence-corrected chi connectivity index (χ3v) is 3.24. The third-order valence-electron chi connectivity index (χ3n) is 2.88. The van der Waals surface area contributed by atoms with Crippen molar-refractivity contribution in [1.82, 2.24) is 5.32 Å². The summed E-state index contributed by atoms with van der Waals surface area (Å²) in [5.74, 6) is 0.445. The summed E-state index contributed by atoms with van der Waals surface area (Å²) in [7, 11) is 0. The van der Waals surface area contributed by atoms with E-state index in [2.05, 4.69) is 25.2 Å². The third kappa shape index (κ3) is 6.22. The summed E-state index contributed by atoms with van der Waals surface area (Å²) in [5, 5.41) is 3.89. The van der Waals surface area contributed by atoms with E-state index in [1.165, 1.54) is 6.07 Å². The molecular weight excluding hydrogens is 261 g/mol. The average Bonchev–Trinajstić information content (AvgIpc) is 2.33. The Morgan fingerprint density at radius 1 is 1.42 bits per heavy atom. The largest absolute Gasteiger partial charge is 0.316 e. The molecule has 0 heterocycles. The van der Waals surface area contributed by atoms with Gasteiger partial charge >= 0.3 is 0 Å². The van der Waals surface area contributed by atoms with Gasteiger partial charge in [0.1, 0.15) is 5.82 Å². The highest BCUT2D eigenvalue weighted by Crippen LogP contribution is 2.21. The topological polar surface area (TPSA) is 12.0 Å². The quantitative estimate of drug-likeness (QED) is 0.569. The minimum atomic E-state index is -0.224. The lowest BCUT2D eigenvalue weighted by molar-refractivity contribution is 0.556. The van der Waals surface area contributed by atoms with Gasteiger partial charge < -0.3 is 5.32 Å². The van der Waals surface area contributed by atoms with Gasteiger partial charge in [0.05, 0.1) is 0 Å². The van der Waals surface area contributed by atoms with E-state index in [-0.39, 0.29) is 5.82 Å². The molecule has 0 bridgehead atoms. The van der Waals surface area contributed by atoms with E-state index >= 15 is 0 Å². The van der Waals surface area contributed by atoms with Crippen LogP contribution in [0.25, 0.3) is 0 Å². The SMILES string of the molecule is CC(=CCCNCC(C)C)Cc1c(F)cccc1Cl. The van der Waals surface area contributed by atoms with Gasteiger partial charge in [0.15, 0.2) is 0 Å². The summed E-state index contributed by atoms with van der Waals surface area (Å²) in [4.78, 5) is 0. The van der Waals surface area contributed by atoms with E-state index in [1.807, 2.05) is 6.92 Å². The summed E-state index contributed by atoms with van der Waals surface area (Å²) < 4.78 is 13.6. The smallest absolute Gasteiger partial charge is 0.128 e. The first-order valence-corrected chi connectivity index (χ1v) is 7.17. The van der Waals surface area contributed by atoms with Crippen LogP contribution < -0.4 is 5.32 Å². The van der Waals surface area contributed by atoms with Crippen molar-refractivity contribution in [2.45, 2.75) is 33.6 Å². The van der Waals surface area contributed by atoms with Crippen molar-refractivity contribution in [1.29, 1.82) is 0 Å². The Kier molecular flexibility index (Phi) is 7.11. The molecule has 1 nitrogen and oxygen atoms in total. The van der Waals surface area contributed by atoms with Crippen LogP contribution in [-0.2, 0) is 6.42 Å². The van der Waals surface area contributed by atoms with Crippen molar-refractivity contribution < 1.29 is 4.39 Å². The van der Waals surface area contributed by atoms with Crippen LogP contribution in [0.15, 0.2) is 29.8 Å². The van der Waals surface area contributed by atoms with Gasteiger partial charge in [0.2, 0.25) is 0 Å². The first-order valence-electron chi connectivity index (χ1n) is 6.80. The standard InChI is InChI=1S/C16H23ClFN/c1-12(2)11-19-9-5-6-13(3)10-14-15(17)7-4-8-16(14)18/h4,6-8,12,19H,5,9-11H2,1-3H3. The molecule has 1 N–H and O–H groups in total. The monoisotopic (exact) mass is 283 g/mol. The van der Waals surface area contributed by atoms with E-state index < -0.39 is 0 Å². The summed E-state index contributed by atoms with van der Waals surface area (Å²) in [6, 6.07) is 4.83. The molecule has 1 aromatic carbocycles. The van der Waals surface area contributed by atoms with Crippen LogP contribution in [-0.4, -0.2) is 13.1 Å². The predicted octanol–water partition coefficient (Wildman–Crippen LogP) is 4.60. The molecule has 0 atom stereocenters. The molecule has 3 heteroatoms. The normalized spacial score (nSPS) is 12.2. The molecule has 0 spiro atoms. The summed E-state index contributed by atoms with van der Waals surface area (Å²) in [5.41, 5.74) is 1.74. The maximum Gasteiger partial charge on any atom is 0.128 e. The maximum absolute atomic E-state index is 13.6. The van der Waals surface area contributed by atoms with E-state index in [1.54, 1.807) is 12.1 Å². The van der Waals surface area contributed by atoms with E-state index in [0.717, 1.165) is 25.1 Å². The van der Waals surface area contributed by atoms with Crippen LogP contribution in [0.1, 0.15) is 32.8 Å². The van der Waals surface area contributed by atoms with Gasteiger partial charge in [0, 0.05) is 10.6 Å². The molecule has 1 rings (SSSR count). The molecule has 1 aromatic rings. The van der Waals surface area contributed by atoms with E-state index in [0.29, 0.717) is 22.9 Å². The van der Waals surface area contributed by atoms with Crippen LogP contribution in [0.4, 0.5) is 4.39 Å². The lowest BCUT2D eigenvalue weighted by Crippen LogP contribution is -2.20. The second-order valence-corrected chi connectivity index (χ2v) is 5.72. The highest BCUT2D eigenvalue weighted by molar-refractivity contribution is 6.31. The van der Waals surface area contributed by atoms with Crippen molar-refractivity contribution in [2.24, 2.45) is 5.92 Å². The second kappa shape index (κ2) is 8.34. The zero-order valence-corrected chi connectivity index (χ0v) is 12.7. The van der Waals surface area contributed by atoms with Crippen LogP contribution >= 0.6 is 11.6 Å². The van der Waals surface area contributed by atoms with E-state index in [9.17, 15) is 4.39 Å². The van der Waals surface area contributed by atoms with Crippen LogP contribution in [0.5, 0.6) is 0 Å². The average molecular weight is 284 g/mol. The van der Waals surface area contributed by atoms with Gasteiger partial charge in [0.25, 0.3) is 0 Å². The molecule has 0 saturated carbocycles. The second-order valence-electron chi connectivity index (χ2n) is 5.31. The van der Waals surface area contributed by atoms with Crippen molar-refractivity contribution in [3.8, 4) is 0 Å². The zero-order valence-electron chi connectivity index (χ0n) is 12.0. The molecule has 0 unspecified atom stereocenters. The predicted molar refractivity (Wildman–Crippen MR) is 81.2 cm³/mol. The van der Waals surface area contributed by atoms with Gasteiger partial charge in [-0.15, -0.1) is 0 Å². The molecular formula is C16H23ClFN. The van der Waals surface area contributed by atoms with Gasteiger partial charge in [-0.25, -0.2) is 4.39 Å². The summed E-state index contributed by atoms with van der Waals surface area (Å²) >= 11 is 6.01. The fraction of sp³-hybridized carbons (Fsp3) is 0.500. The Bertz CT molecular complexity index is 407. The maximum atomic E-state index is 13.6. The van der Waals surface area contributed by atoms with Gasteiger partial charge in [-0.05, 0) is 50.9 Å². The Hall–Kier alpha value is -0.860. The highest BCUT2D eigenvalue weighted by Gasteiger charge is 2.06. The lowest BCUT2D eigenvalue weighted by atomic mass is 10.0. The van der Waals surface area contributed by atoms with Crippen molar-refractivity contribution in [3.05, 3.63) is 46.3 Å². The number of halogens is 2. The minimum absolute atomic E-state index is 0.224. The number of benzene rings is 1. The number of rotatable bonds is 7. The molecule has 19 heavy (non-hydrogen) atoms. The Morgan fingerprint density at radius 2 is 2.16 bits per heavy atom. The van der Waals surface area contributed by atoms with Crippen LogP contribution in [0, 0.1) is 11.7 Å². The van der Waals surface area contributed by atoms with E-state index in [4.69, 9.17) is 11.6 Å². The van der Waals surface area contributed by atoms with Crippen molar-refractivity contribution >= 4 is 11.6 Å². The Labute approximate surface area is 120 Å². The first kappa shape index (κ1) is 16.2. The fourth-order valence-electron chi connectivity index (χ4n) is 1.86. The molecule has 0 fully saturated rings. The number of hydrogen-bond donors (Lipinski definition) is 1.